The molecule has 0 aliphatic heterocycles. The molecule has 1 aromatic rings. The summed E-state index contributed by atoms with van der Waals surface area (Å²) < 4.78 is 26.1. The summed E-state index contributed by atoms with van der Waals surface area (Å²) >= 11 is 1.52. The van der Waals surface area contributed by atoms with Crippen molar-refractivity contribution in [3.63, 3.8) is 0 Å². The second kappa shape index (κ2) is 6.42. The lowest BCUT2D eigenvalue weighted by molar-refractivity contribution is -0.385. The van der Waals surface area contributed by atoms with Crippen LogP contribution in [-0.2, 0) is 10.0 Å². The number of hydrogen-bond acceptors (Lipinski definition) is 6. The Bertz CT molecular complexity index is 604. The van der Waals surface area contributed by atoms with Crippen molar-refractivity contribution < 1.29 is 13.3 Å². The zero-order valence-electron chi connectivity index (χ0n) is 11.4. The number of non-ortho nitro benzene ring substituents is 1. The number of hydrogen-bond donors (Lipinski definition) is 1. The SMILES string of the molecule is CSCC(C)N(C)S(=O)(=O)c1cc([N+](=O)[O-])ccc1N. The minimum Gasteiger partial charge on any atom is -0.398 e. The highest BCUT2D eigenvalue weighted by Gasteiger charge is 2.28. The Kier molecular flexibility index (Phi) is 5.37. The van der Waals surface area contributed by atoms with E-state index in [0.717, 1.165) is 6.07 Å². The van der Waals surface area contributed by atoms with E-state index in [0.29, 0.717) is 5.75 Å². The summed E-state index contributed by atoms with van der Waals surface area (Å²) in [6, 6.07) is 3.17. The number of anilines is 1. The fourth-order valence-corrected chi connectivity index (χ4v) is 3.89. The molecule has 1 rings (SSSR count). The van der Waals surface area contributed by atoms with Gasteiger partial charge in [0.25, 0.3) is 5.69 Å². The molecular formula is C11H17N3O4S2. The van der Waals surface area contributed by atoms with Gasteiger partial charge < -0.3 is 5.73 Å². The normalized spacial score (nSPS) is 13.4. The topological polar surface area (TPSA) is 107 Å². The Hall–Kier alpha value is -1.32. The first kappa shape index (κ1) is 16.7. The fourth-order valence-electron chi connectivity index (χ4n) is 1.60. The van der Waals surface area contributed by atoms with Gasteiger partial charge in [0, 0.05) is 31.0 Å². The van der Waals surface area contributed by atoms with Gasteiger partial charge >= 0.3 is 0 Å². The van der Waals surface area contributed by atoms with Crippen molar-refractivity contribution >= 4 is 33.2 Å². The van der Waals surface area contributed by atoms with Gasteiger partial charge in [0.05, 0.1) is 10.6 Å². The van der Waals surface area contributed by atoms with E-state index in [1.54, 1.807) is 6.92 Å². The summed E-state index contributed by atoms with van der Waals surface area (Å²) in [6.45, 7) is 1.77. The number of nitrogens with two attached hydrogens (primary N) is 1. The second-order valence-corrected chi connectivity index (χ2v) is 7.18. The molecule has 0 aromatic heterocycles. The third-order valence-corrected chi connectivity index (χ3v) is 5.74. The lowest BCUT2D eigenvalue weighted by Gasteiger charge is -2.24. The van der Waals surface area contributed by atoms with E-state index in [-0.39, 0.29) is 22.3 Å². The average Bonchev–Trinajstić information content (AvgIpc) is 2.37. The largest absolute Gasteiger partial charge is 0.398 e. The maximum Gasteiger partial charge on any atom is 0.270 e. The van der Waals surface area contributed by atoms with Crippen LogP contribution in [0.2, 0.25) is 0 Å². The Morgan fingerprint density at radius 2 is 2.10 bits per heavy atom. The molecule has 0 fully saturated rings. The first-order valence-corrected chi connectivity index (χ1v) is 8.56. The molecule has 1 unspecified atom stereocenters. The molecule has 0 saturated heterocycles. The molecule has 0 bridgehead atoms. The molecule has 0 amide bonds. The van der Waals surface area contributed by atoms with Gasteiger partial charge in [-0.1, -0.05) is 0 Å². The van der Waals surface area contributed by atoms with Crippen molar-refractivity contribution in [1.82, 2.24) is 4.31 Å². The van der Waals surface area contributed by atoms with Gasteiger partial charge in [0.1, 0.15) is 4.90 Å². The highest BCUT2D eigenvalue weighted by molar-refractivity contribution is 7.98. The van der Waals surface area contributed by atoms with Gasteiger partial charge in [-0.15, -0.1) is 0 Å². The average molecular weight is 319 g/mol. The third-order valence-electron chi connectivity index (χ3n) is 2.89. The van der Waals surface area contributed by atoms with Crippen molar-refractivity contribution in [2.45, 2.75) is 17.9 Å². The molecule has 1 atom stereocenters. The van der Waals surface area contributed by atoms with Crippen LogP contribution >= 0.6 is 11.8 Å². The van der Waals surface area contributed by atoms with Crippen molar-refractivity contribution in [2.24, 2.45) is 0 Å². The van der Waals surface area contributed by atoms with Gasteiger partial charge in [-0.05, 0) is 19.2 Å². The number of thioether (sulfide) groups is 1. The zero-order valence-corrected chi connectivity index (χ0v) is 13.1. The molecule has 0 aliphatic carbocycles. The lowest BCUT2D eigenvalue weighted by Crippen LogP contribution is -2.36. The van der Waals surface area contributed by atoms with Gasteiger partial charge in [0.2, 0.25) is 10.0 Å². The molecule has 0 radical (unpaired) electrons. The molecule has 0 spiro atoms. The maximum atomic E-state index is 12.5. The third kappa shape index (κ3) is 3.41. The van der Waals surface area contributed by atoms with Crippen LogP contribution in [0.1, 0.15) is 6.92 Å². The van der Waals surface area contributed by atoms with Crippen LogP contribution in [0.5, 0.6) is 0 Å². The van der Waals surface area contributed by atoms with E-state index in [1.807, 2.05) is 6.26 Å². The van der Waals surface area contributed by atoms with Crippen LogP contribution in [0.4, 0.5) is 11.4 Å². The van der Waals surface area contributed by atoms with Crippen LogP contribution in [-0.4, -0.2) is 42.7 Å². The summed E-state index contributed by atoms with van der Waals surface area (Å²) in [5.41, 5.74) is 5.35. The molecule has 112 valence electrons. The van der Waals surface area contributed by atoms with Gasteiger partial charge in [-0.25, -0.2) is 8.42 Å². The van der Waals surface area contributed by atoms with Gasteiger partial charge in [-0.3, -0.25) is 10.1 Å². The maximum absolute atomic E-state index is 12.5. The second-order valence-electron chi connectivity index (χ2n) is 4.30. The summed E-state index contributed by atoms with van der Waals surface area (Å²) in [7, 11) is -2.42. The molecule has 0 aliphatic rings. The number of nitrogen functional groups attached to an aromatic ring is 1. The number of nitrogens with zero attached hydrogens (tertiary/aromatic N) is 2. The predicted molar refractivity (Wildman–Crippen MR) is 80.3 cm³/mol. The molecular weight excluding hydrogens is 302 g/mol. The predicted octanol–water partition coefficient (Wildman–Crippen LogP) is 1.55. The van der Waals surface area contributed by atoms with E-state index in [2.05, 4.69) is 0 Å². The molecule has 0 saturated carbocycles. The Labute approximate surface area is 122 Å². The highest BCUT2D eigenvalue weighted by Crippen LogP contribution is 2.27. The fraction of sp³-hybridized carbons (Fsp3) is 0.455. The molecule has 20 heavy (non-hydrogen) atoms. The number of nitro benzene ring substituents is 1. The quantitative estimate of drug-likeness (QED) is 0.484. The van der Waals surface area contributed by atoms with Gasteiger partial charge in [-0.2, -0.15) is 16.1 Å². The number of benzene rings is 1. The van der Waals surface area contributed by atoms with Crippen LogP contribution in [0, 0.1) is 10.1 Å². The van der Waals surface area contributed by atoms with Crippen LogP contribution < -0.4 is 5.73 Å². The van der Waals surface area contributed by atoms with E-state index in [9.17, 15) is 18.5 Å². The smallest absolute Gasteiger partial charge is 0.270 e. The van der Waals surface area contributed by atoms with E-state index in [1.165, 1.54) is 35.2 Å². The van der Waals surface area contributed by atoms with Gasteiger partial charge in [0.15, 0.2) is 0 Å². The number of nitro groups is 1. The van der Waals surface area contributed by atoms with Crippen LogP contribution in [0.25, 0.3) is 0 Å². The van der Waals surface area contributed by atoms with E-state index < -0.39 is 14.9 Å². The minimum absolute atomic E-state index is 0.00111. The summed E-state index contributed by atoms with van der Waals surface area (Å²) in [5, 5.41) is 10.8. The number of sulfonamides is 1. The molecule has 9 heteroatoms. The van der Waals surface area contributed by atoms with E-state index in [4.69, 9.17) is 5.73 Å². The summed E-state index contributed by atoms with van der Waals surface area (Å²) in [4.78, 5) is 9.87. The van der Waals surface area contributed by atoms with Crippen LogP contribution in [0.15, 0.2) is 23.1 Å². The Morgan fingerprint density at radius 3 is 2.60 bits per heavy atom. The summed E-state index contributed by atoms with van der Waals surface area (Å²) in [6.07, 6.45) is 1.87. The van der Waals surface area contributed by atoms with Crippen molar-refractivity contribution in [3.8, 4) is 0 Å². The van der Waals surface area contributed by atoms with Crippen LogP contribution in [0.3, 0.4) is 0 Å². The number of rotatable bonds is 6. The molecule has 2 N–H and O–H groups in total. The van der Waals surface area contributed by atoms with E-state index >= 15 is 0 Å². The van der Waals surface area contributed by atoms with Crippen molar-refractivity contribution in [3.05, 3.63) is 28.3 Å². The van der Waals surface area contributed by atoms with Crippen molar-refractivity contribution in [1.29, 1.82) is 0 Å². The minimum atomic E-state index is -3.86. The Balaban J connectivity index is 3.27. The molecule has 0 heterocycles. The molecule has 1 aromatic carbocycles. The standard InChI is InChI=1S/C11H17N3O4S2/c1-8(7-19-3)13(2)20(17,18)11-6-9(14(15)16)4-5-10(11)12/h4-6,8H,7,12H2,1-3H3. The first-order valence-electron chi connectivity index (χ1n) is 5.72. The first-order chi connectivity index (χ1) is 9.21. The van der Waals surface area contributed by atoms with Crippen molar-refractivity contribution in [2.75, 3.05) is 24.8 Å². The highest BCUT2D eigenvalue weighted by atomic mass is 32.2. The lowest BCUT2D eigenvalue weighted by atomic mass is 10.3. The molecule has 7 nitrogen and oxygen atoms in total. The Morgan fingerprint density at radius 1 is 1.50 bits per heavy atom. The zero-order chi connectivity index (χ0) is 15.5. The summed E-state index contributed by atoms with van der Waals surface area (Å²) in [5.74, 6) is 0.616. The monoisotopic (exact) mass is 319 g/mol.